The number of ether oxygens (including phenoxy) is 2. The molecular weight excluding hydrogens is 353 g/mol. The molecule has 4 heterocycles. The average Bonchev–Trinajstić information content (AvgIpc) is 2.76. The maximum Gasteiger partial charge on any atom is 0.389 e. The third-order valence-electron chi connectivity index (χ3n) is 6.76. The number of alkyl halides is 3. The molecular formula is C18H25F3O5. The van der Waals surface area contributed by atoms with Crippen molar-refractivity contribution in [3.8, 4) is 0 Å². The van der Waals surface area contributed by atoms with Crippen molar-refractivity contribution in [1.29, 1.82) is 0 Å². The first-order chi connectivity index (χ1) is 12.1. The minimum absolute atomic E-state index is 0.0915. The molecule has 2 bridgehead atoms. The molecule has 4 saturated heterocycles. The Kier molecular flexibility index (Phi) is 4.32. The van der Waals surface area contributed by atoms with Gasteiger partial charge in [0, 0.05) is 24.7 Å². The Morgan fingerprint density at radius 2 is 1.92 bits per heavy atom. The van der Waals surface area contributed by atoms with Gasteiger partial charge in [0.1, 0.15) is 0 Å². The van der Waals surface area contributed by atoms with Gasteiger partial charge in [0.2, 0.25) is 12.1 Å². The standard InChI is InChI=1S/C18H25F3O5/c1-10-5-6-13-11(4-3-8-17(19,20)21)14(22)23-15-18(13)12(10)7-9-16(2,24-15)25-26-18/h10-13,15H,3-9H2,1-2H3/t10-,11?,12+,13?,15?,16?,18?/m1/s1. The molecule has 148 valence electrons. The molecule has 0 aromatic carbocycles. The molecule has 7 atom stereocenters. The predicted octanol–water partition coefficient (Wildman–Crippen LogP) is 4.11. The molecule has 1 saturated carbocycles. The summed E-state index contributed by atoms with van der Waals surface area (Å²) in [5.41, 5.74) is -0.912. The Hall–Kier alpha value is -0.860. The smallest absolute Gasteiger partial charge is 0.389 e. The molecule has 1 aliphatic carbocycles. The lowest BCUT2D eigenvalue weighted by Crippen LogP contribution is -2.70. The number of carbonyl (C=O) groups excluding carboxylic acids is 1. The van der Waals surface area contributed by atoms with Gasteiger partial charge in [-0.25, -0.2) is 9.78 Å². The molecule has 8 heteroatoms. The second-order valence-corrected chi connectivity index (χ2v) is 8.46. The van der Waals surface area contributed by atoms with Crippen LogP contribution in [0.25, 0.3) is 0 Å². The summed E-state index contributed by atoms with van der Waals surface area (Å²) in [6.45, 7) is 3.91. The highest BCUT2D eigenvalue weighted by Crippen LogP contribution is 2.60. The fourth-order valence-electron chi connectivity index (χ4n) is 5.46. The van der Waals surface area contributed by atoms with E-state index in [1.165, 1.54) is 0 Å². The molecule has 0 radical (unpaired) electrons. The van der Waals surface area contributed by atoms with Crippen LogP contribution >= 0.6 is 0 Å². The van der Waals surface area contributed by atoms with E-state index in [9.17, 15) is 18.0 Å². The molecule has 5 rings (SSSR count). The van der Waals surface area contributed by atoms with Crippen LogP contribution in [0.1, 0.15) is 58.8 Å². The molecule has 0 aromatic rings. The maximum atomic E-state index is 12.6. The number of hydrogen-bond donors (Lipinski definition) is 0. The van der Waals surface area contributed by atoms with Gasteiger partial charge in [-0.1, -0.05) is 6.92 Å². The van der Waals surface area contributed by atoms with Crippen LogP contribution in [0.5, 0.6) is 0 Å². The van der Waals surface area contributed by atoms with Crippen LogP contribution in [0.2, 0.25) is 0 Å². The summed E-state index contributed by atoms with van der Waals surface area (Å²) in [6, 6.07) is 0. The zero-order chi connectivity index (χ0) is 18.7. The molecule has 0 aromatic heterocycles. The number of rotatable bonds is 3. The van der Waals surface area contributed by atoms with E-state index >= 15 is 0 Å². The van der Waals surface area contributed by atoms with Gasteiger partial charge in [0.15, 0.2) is 5.60 Å². The summed E-state index contributed by atoms with van der Waals surface area (Å²) in [6.07, 6.45) is -2.88. The van der Waals surface area contributed by atoms with Crippen LogP contribution in [0.4, 0.5) is 13.2 Å². The summed E-state index contributed by atoms with van der Waals surface area (Å²) in [4.78, 5) is 24.1. The summed E-state index contributed by atoms with van der Waals surface area (Å²) < 4.78 is 49.2. The molecule has 0 N–H and O–H groups in total. The van der Waals surface area contributed by atoms with Crippen molar-refractivity contribution in [1.82, 2.24) is 0 Å². The van der Waals surface area contributed by atoms with E-state index in [4.69, 9.17) is 19.2 Å². The van der Waals surface area contributed by atoms with Gasteiger partial charge >= 0.3 is 12.1 Å². The van der Waals surface area contributed by atoms with Crippen LogP contribution < -0.4 is 0 Å². The molecule has 5 fully saturated rings. The molecule has 1 spiro atoms. The van der Waals surface area contributed by atoms with Gasteiger partial charge in [0.25, 0.3) is 0 Å². The minimum Gasteiger partial charge on any atom is -0.432 e. The zero-order valence-electron chi connectivity index (χ0n) is 15.0. The van der Waals surface area contributed by atoms with Crippen molar-refractivity contribution in [2.24, 2.45) is 23.7 Å². The summed E-state index contributed by atoms with van der Waals surface area (Å²) in [7, 11) is 0. The van der Waals surface area contributed by atoms with E-state index < -0.39 is 42.2 Å². The van der Waals surface area contributed by atoms with E-state index in [0.29, 0.717) is 18.8 Å². The molecule has 5 unspecified atom stereocenters. The first kappa shape index (κ1) is 18.5. The number of carbonyl (C=O) groups is 1. The van der Waals surface area contributed by atoms with Crippen molar-refractivity contribution in [3.05, 3.63) is 0 Å². The molecule has 4 aliphatic heterocycles. The Balaban J connectivity index is 1.63. The van der Waals surface area contributed by atoms with Crippen LogP contribution in [0.3, 0.4) is 0 Å². The van der Waals surface area contributed by atoms with Gasteiger partial charge in [0.05, 0.1) is 5.92 Å². The first-order valence-electron chi connectivity index (χ1n) is 9.46. The fraction of sp³-hybridized carbons (Fsp3) is 0.944. The second kappa shape index (κ2) is 6.07. The minimum atomic E-state index is -4.22. The molecule has 5 nitrogen and oxygen atoms in total. The predicted molar refractivity (Wildman–Crippen MR) is 82.3 cm³/mol. The van der Waals surface area contributed by atoms with Gasteiger partial charge in [-0.05, 0) is 44.9 Å². The molecule has 5 aliphatic rings. The summed E-state index contributed by atoms with van der Waals surface area (Å²) in [5.74, 6) is -1.85. The van der Waals surface area contributed by atoms with Gasteiger partial charge in [-0.2, -0.15) is 13.2 Å². The molecule has 0 amide bonds. The van der Waals surface area contributed by atoms with E-state index in [-0.39, 0.29) is 24.7 Å². The average molecular weight is 378 g/mol. The van der Waals surface area contributed by atoms with Crippen LogP contribution in [-0.2, 0) is 24.0 Å². The lowest BCUT2D eigenvalue weighted by atomic mass is 9.57. The highest BCUT2D eigenvalue weighted by Gasteiger charge is 2.70. The Bertz CT molecular complexity index is 582. The lowest BCUT2D eigenvalue weighted by molar-refractivity contribution is -0.559. The highest BCUT2D eigenvalue weighted by molar-refractivity contribution is 5.74. The first-order valence-corrected chi connectivity index (χ1v) is 9.46. The molecule has 26 heavy (non-hydrogen) atoms. The zero-order valence-corrected chi connectivity index (χ0v) is 15.0. The van der Waals surface area contributed by atoms with Crippen molar-refractivity contribution in [2.75, 3.05) is 0 Å². The number of fused-ring (bicyclic) bond motifs is 2. The van der Waals surface area contributed by atoms with Crippen molar-refractivity contribution < 1.29 is 37.2 Å². The Morgan fingerprint density at radius 3 is 2.65 bits per heavy atom. The van der Waals surface area contributed by atoms with Gasteiger partial charge in [-0.3, -0.25) is 4.79 Å². The van der Waals surface area contributed by atoms with Crippen molar-refractivity contribution >= 4 is 5.97 Å². The largest absolute Gasteiger partial charge is 0.432 e. The summed E-state index contributed by atoms with van der Waals surface area (Å²) >= 11 is 0. The fourth-order valence-corrected chi connectivity index (χ4v) is 5.46. The van der Waals surface area contributed by atoms with Crippen LogP contribution in [-0.4, -0.2) is 29.8 Å². The van der Waals surface area contributed by atoms with E-state index in [1.807, 2.05) is 0 Å². The van der Waals surface area contributed by atoms with E-state index in [1.54, 1.807) is 6.92 Å². The van der Waals surface area contributed by atoms with Crippen LogP contribution in [0, 0.1) is 23.7 Å². The van der Waals surface area contributed by atoms with Crippen molar-refractivity contribution in [3.63, 3.8) is 0 Å². The number of hydrogen-bond acceptors (Lipinski definition) is 5. The third kappa shape index (κ3) is 2.85. The summed E-state index contributed by atoms with van der Waals surface area (Å²) in [5, 5.41) is 0. The van der Waals surface area contributed by atoms with E-state index in [0.717, 1.165) is 12.8 Å². The normalized spacial score (nSPS) is 47.9. The number of halogens is 3. The topological polar surface area (TPSA) is 54.0 Å². The maximum absolute atomic E-state index is 12.6. The van der Waals surface area contributed by atoms with E-state index in [2.05, 4.69) is 6.92 Å². The highest BCUT2D eigenvalue weighted by atomic mass is 19.4. The Morgan fingerprint density at radius 1 is 1.15 bits per heavy atom. The SMILES string of the molecule is C[C@@H]1CCC2C(CCCC(F)(F)F)C(=O)OC3OC4(C)CC[C@@H]1C32OO4. The third-order valence-corrected chi connectivity index (χ3v) is 6.76. The second-order valence-electron chi connectivity index (χ2n) is 8.46. The lowest BCUT2D eigenvalue weighted by Gasteiger charge is -2.58. The van der Waals surface area contributed by atoms with Crippen LogP contribution in [0.15, 0.2) is 0 Å². The van der Waals surface area contributed by atoms with Gasteiger partial charge < -0.3 is 9.47 Å². The Labute approximate surface area is 150 Å². The monoisotopic (exact) mass is 378 g/mol. The number of esters is 1. The van der Waals surface area contributed by atoms with Crippen molar-refractivity contribution in [2.45, 2.75) is 82.6 Å². The quantitative estimate of drug-likeness (QED) is 0.547. The van der Waals surface area contributed by atoms with Gasteiger partial charge in [-0.15, -0.1) is 0 Å².